The van der Waals surface area contributed by atoms with Crippen LogP contribution in [0, 0.1) is 11.7 Å². The number of halogens is 1. The van der Waals surface area contributed by atoms with Gasteiger partial charge in [-0.25, -0.2) is 9.18 Å². The van der Waals surface area contributed by atoms with Crippen LogP contribution < -0.4 is 0 Å². The smallest absolute Gasteiger partial charge is 0.429 e. The van der Waals surface area contributed by atoms with Crippen molar-refractivity contribution in [3.05, 3.63) is 35.6 Å². The Hall–Kier alpha value is -1.62. The summed E-state index contributed by atoms with van der Waals surface area (Å²) in [5, 5.41) is 0. The van der Waals surface area contributed by atoms with E-state index in [0.29, 0.717) is 5.92 Å². The van der Waals surface area contributed by atoms with Crippen LogP contribution in [0.15, 0.2) is 24.3 Å². The fraction of sp³-hybridized carbons (Fsp3) is 0.533. The Morgan fingerprint density at radius 1 is 1.25 bits per heavy atom. The number of ether oxygens (including phenoxy) is 2. The van der Waals surface area contributed by atoms with Crippen LogP contribution in [0.4, 0.5) is 9.18 Å². The van der Waals surface area contributed by atoms with Gasteiger partial charge in [0, 0.05) is 6.54 Å². The lowest BCUT2D eigenvalue weighted by molar-refractivity contribution is -0.0599. The Morgan fingerprint density at radius 2 is 1.95 bits per heavy atom. The first-order valence-electron chi connectivity index (χ1n) is 7.01. The minimum atomic E-state index is -0.631. The number of fused-ring (bicyclic) bond motifs is 3. The maximum absolute atomic E-state index is 12.7. The third kappa shape index (κ3) is 3.10. The van der Waals surface area contributed by atoms with E-state index in [4.69, 9.17) is 9.47 Å². The van der Waals surface area contributed by atoms with Crippen LogP contribution in [-0.4, -0.2) is 36.8 Å². The lowest BCUT2D eigenvalue weighted by atomic mass is 9.86. The predicted octanol–water partition coefficient (Wildman–Crippen LogP) is 2.57. The van der Waals surface area contributed by atoms with Gasteiger partial charge in [0.1, 0.15) is 18.5 Å². The fourth-order valence-corrected chi connectivity index (χ4v) is 2.92. The first-order valence-corrected chi connectivity index (χ1v) is 7.01. The third-order valence-corrected chi connectivity index (χ3v) is 4.11. The number of piperidine rings is 3. The van der Waals surface area contributed by atoms with Crippen LogP contribution >= 0.6 is 0 Å². The summed E-state index contributed by atoms with van der Waals surface area (Å²) in [7, 11) is 0. The largest absolute Gasteiger partial charge is 0.508 e. The summed E-state index contributed by atoms with van der Waals surface area (Å²) in [6.45, 7) is 3.14. The van der Waals surface area contributed by atoms with Crippen molar-refractivity contribution in [1.82, 2.24) is 4.90 Å². The van der Waals surface area contributed by atoms with Crippen LogP contribution in [0.1, 0.15) is 18.4 Å². The second-order valence-corrected chi connectivity index (χ2v) is 5.46. The topological polar surface area (TPSA) is 38.8 Å². The molecule has 2 bridgehead atoms. The molecule has 0 aliphatic carbocycles. The lowest BCUT2D eigenvalue weighted by Crippen LogP contribution is -2.51. The number of carbonyl (C=O) groups excluding carboxylic acids is 1. The van der Waals surface area contributed by atoms with Crippen LogP contribution in [0.3, 0.4) is 0 Å². The highest BCUT2D eigenvalue weighted by Crippen LogP contribution is 2.29. The Morgan fingerprint density at radius 3 is 2.55 bits per heavy atom. The van der Waals surface area contributed by atoms with E-state index < -0.39 is 6.16 Å². The highest BCUT2D eigenvalue weighted by Gasteiger charge is 2.36. The highest BCUT2D eigenvalue weighted by atomic mass is 19.1. The van der Waals surface area contributed by atoms with Crippen molar-refractivity contribution >= 4 is 6.16 Å². The number of hydrogen-bond donors (Lipinski definition) is 0. The molecule has 0 aromatic heterocycles. The summed E-state index contributed by atoms with van der Waals surface area (Å²) >= 11 is 0. The normalized spacial score (nSPS) is 28.1. The Balaban J connectivity index is 1.46. The number of hydrogen-bond acceptors (Lipinski definition) is 4. The van der Waals surface area contributed by atoms with Gasteiger partial charge in [-0.05, 0) is 49.5 Å². The van der Waals surface area contributed by atoms with Crippen molar-refractivity contribution in [2.75, 3.05) is 19.6 Å². The molecule has 3 saturated heterocycles. The predicted molar refractivity (Wildman–Crippen MR) is 70.6 cm³/mol. The summed E-state index contributed by atoms with van der Waals surface area (Å²) in [5.41, 5.74) is 0.747. The molecule has 20 heavy (non-hydrogen) atoms. The van der Waals surface area contributed by atoms with E-state index in [9.17, 15) is 9.18 Å². The van der Waals surface area contributed by atoms with Crippen molar-refractivity contribution in [2.45, 2.75) is 25.6 Å². The second kappa shape index (κ2) is 5.79. The van der Waals surface area contributed by atoms with E-state index >= 15 is 0 Å². The Labute approximate surface area is 117 Å². The van der Waals surface area contributed by atoms with Crippen LogP contribution in [0.5, 0.6) is 0 Å². The molecule has 108 valence electrons. The van der Waals surface area contributed by atoms with Crippen LogP contribution in [0.25, 0.3) is 0 Å². The molecular formula is C15H18FNO3. The minimum absolute atomic E-state index is 0.0433. The third-order valence-electron chi connectivity index (χ3n) is 4.11. The van der Waals surface area contributed by atoms with Gasteiger partial charge in [-0.1, -0.05) is 12.1 Å². The van der Waals surface area contributed by atoms with E-state index in [1.807, 2.05) is 0 Å². The van der Waals surface area contributed by atoms with E-state index in [1.54, 1.807) is 12.1 Å². The molecule has 0 spiro atoms. The molecule has 0 amide bonds. The molecule has 4 nitrogen and oxygen atoms in total. The summed E-state index contributed by atoms with van der Waals surface area (Å²) in [6, 6.07) is 5.88. The SMILES string of the molecule is O=C(OCc1ccc(F)cc1)OC1CN2CCC1CC2. The minimum Gasteiger partial charge on any atom is -0.429 e. The molecule has 1 aromatic carbocycles. The number of benzene rings is 1. The van der Waals surface area contributed by atoms with Gasteiger partial charge in [0.25, 0.3) is 0 Å². The van der Waals surface area contributed by atoms with Gasteiger partial charge in [0.15, 0.2) is 0 Å². The number of rotatable bonds is 3. The molecule has 0 radical (unpaired) electrons. The van der Waals surface area contributed by atoms with Crippen molar-refractivity contribution in [1.29, 1.82) is 0 Å². The molecule has 4 rings (SSSR count). The summed E-state index contributed by atoms with van der Waals surface area (Å²) in [5.74, 6) is 0.168. The van der Waals surface area contributed by atoms with Crippen molar-refractivity contribution in [3.8, 4) is 0 Å². The molecule has 1 unspecified atom stereocenters. The monoisotopic (exact) mass is 279 g/mol. The van der Waals surface area contributed by atoms with Gasteiger partial charge in [0.2, 0.25) is 0 Å². The lowest BCUT2D eigenvalue weighted by Gasteiger charge is -2.43. The molecule has 3 fully saturated rings. The molecule has 3 heterocycles. The van der Waals surface area contributed by atoms with Gasteiger partial charge in [-0.3, -0.25) is 4.90 Å². The molecule has 0 N–H and O–H groups in total. The van der Waals surface area contributed by atoms with Crippen LogP contribution in [-0.2, 0) is 16.1 Å². The van der Waals surface area contributed by atoms with Crippen molar-refractivity contribution < 1.29 is 18.7 Å². The van der Waals surface area contributed by atoms with E-state index in [0.717, 1.165) is 38.0 Å². The number of nitrogens with zero attached hydrogens (tertiary/aromatic N) is 1. The standard InChI is InChI=1S/C15H18FNO3/c16-13-3-1-11(2-4-13)10-19-15(18)20-14-9-17-7-5-12(14)6-8-17/h1-4,12,14H,5-10H2. The van der Waals surface area contributed by atoms with E-state index in [-0.39, 0.29) is 18.5 Å². The van der Waals surface area contributed by atoms with Crippen molar-refractivity contribution in [2.24, 2.45) is 5.92 Å². The van der Waals surface area contributed by atoms with Gasteiger partial charge < -0.3 is 9.47 Å². The average Bonchev–Trinajstić information content (AvgIpc) is 2.48. The summed E-state index contributed by atoms with van der Waals surface area (Å²) in [6.07, 6.45) is 1.51. The molecule has 3 aliphatic rings. The first-order chi connectivity index (χ1) is 9.70. The number of carbonyl (C=O) groups is 1. The van der Waals surface area contributed by atoms with Gasteiger partial charge in [-0.15, -0.1) is 0 Å². The summed E-state index contributed by atoms with van der Waals surface area (Å²) in [4.78, 5) is 14.0. The molecular weight excluding hydrogens is 261 g/mol. The zero-order valence-electron chi connectivity index (χ0n) is 11.3. The molecule has 1 aromatic rings. The van der Waals surface area contributed by atoms with E-state index in [2.05, 4.69) is 4.90 Å². The van der Waals surface area contributed by atoms with Crippen molar-refractivity contribution in [3.63, 3.8) is 0 Å². The van der Waals surface area contributed by atoms with Gasteiger partial charge in [0.05, 0.1) is 0 Å². The highest BCUT2D eigenvalue weighted by molar-refractivity contribution is 5.60. The first kappa shape index (κ1) is 13.4. The fourth-order valence-electron chi connectivity index (χ4n) is 2.92. The van der Waals surface area contributed by atoms with E-state index in [1.165, 1.54) is 12.1 Å². The van der Waals surface area contributed by atoms with Gasteiger partial charge in [-0.2, -0.15) is 0 Å². The quantitative estimate of drug-likeness (QED) is 0.797. The molecule has 0 saturated carbocycles. The molecule has 1 atom stereocenters. The maximum Gasteiger partial charge on any atom is 0.508 e. The Kier molecular flexibility index (Phi) is 3.87. The average molecular weight is 279 g/mol. The Bertz CT molecular complexity index is 469. The maximum atomic E-state index is 12.7. The zero-order valence-corrected chi connectivity index (χ0v) is 11.3. The summed E-state index contributed by atoms with van der Waals surface area (Å²) < 4.78 is 23.2. The second-order valence-electron chi connectivity index (χ2n) is 5.46. The van der Waals surface area contributed by atoms with Crippen LogP contribution in [0.2, 0.25) is 0 Å². The van der Waals surface area contributed by atoms with Gasteiger partial charge >= 0.3 is 6.16 Å². The molecule has 3 aliphatic heterocycles. The molecule has 5 heteroatoms. The zero-order chi connectivity index (χ0) is 13.9.